The van der Waals surface area contributed by atoms with Gasteiger partial charge < -0.3 is 9.47 Å². The first-order valence-electron chi connectivity index (χ1n) is 8.02. The summed E-state index contributed by atoms with van der Waals surface area (Å²) in [5.74, 6) is -1.02. The normalized spacial score (nSPS) is 12.0. The Morgan fingerprint density at radius 1 is 1.19 bits per heavy atom. The van der Waals surface area contributed by atoms with Crippen LogP contribution in [-0.2, 0) is 9.53 Å². The third-order valence-electron chi connectivity index (χ3n) is 3.50. The molecule has 6 heteroatoms. The molecule has 0 N–H and O–H groups in total. The largest absolute Gasteiger partial charge is 0.494 e. The molecular formula is C20H18ClFO4. The Balaban J connectivity index is 1.99. The minimum absolute atomic E-state index is 0.0802. The van der Waals surface area contributed by atoms with Gasteiger partial charge >= 0.3 is 5.97 Å². The maximum absolute atomic E-state index is 13.6. The predicted octanol–water partition coefficient (Wildman–Crippen LogP) is 4.71. The molecule has 0 fully saturated rings. The Kier molecular flexibility index (Phi) is 6.92. The first kappa shape index (κ1) is 19.7. The van der Waals surface area contributed by atoms with Gasteiger partial charge in [-0.15, -0.1) is 0 Å². The van der Waals surface area contributed by atoms with Crippen LogP contribution in [0.4, 0.5) is 4.39 Å². The maximum Gasteiger partial charge on any atom is 0.331 e. The number of halogens is 2. The molecule has 2 rings (SSSR count). The van der Waals surface area contributed by atoms with E-state index in [2.05, 4.69) is 0 Å². The van der Waals surface area contributed by atoms with Gasteiger partial charge in [0.05, 0.1) is 11.6 Å². The Labute approximate surface area is 156 Å². The van der Waals surface area contributed by atoms with Crippen LogP contribution in [-0.4, -0.2) is 24.5 Å². The van der Waals surface area contributed by atoms with Crippen molar-refractivity contribution in [2.75, 3.05) is 6.61 Å². The van der Waals surface area contributed by atoms with Gasteiger partial charge in [0, 0.05) is 17.2 Å². The number of carbonyl (C=O) groups excluding carboxylic acids is 2. The molecule has 0 saturated heterocycles. The van der Waals surface area contributed by atoms with Gasteiger partial charge in [-0.2, -0.15) is 0 Å². The fraction of sp³-hybridized carbons (Fsp3) is 0.200. The minimum Gasteiger partial charge on any atom is -0.494 e. The number of ketones is 1. The fourth-order valence-electron chi connectivity index (χ4n) is 2.21. The van der Waals surface area contributed by atoms with E-state index in [0.29, 0.717) is 17.9 Å². The molecule has 136 valence electrons. The highest BCUT2D eigenvalue weighted by atomic mass is 35.5. The van der Waals surface area contributed by atoms with Crippen LogP contribution in [0.25, 0.3) is 6.08 Å². The van der Waals surface area contributed by atoms with Crippen LogP contribution in [0.5, 0.6) is 5.75 Å². The molecule has 0 spiro atoms. The first-order valence-corrected chi connectivity index (χ1v) is 8.40. The van der Waals surface area contributed by atoms with Crippen molar-refractivity contribution in [1.82, 2.24) is 0 Å². The Bertz CT molecular complexity index is 795. The third-order valence-corrected chi connectivity index (χ3v) is 3.83. The molecule has 0 aliphatic heterocycles. The van der Waals surface area contributed by atoms with Crippen LogP contribution >= 0.6 is 11.6 Å². The lowest BCUT2D eigenvalue weighted by atomic mass is 10.1. The van der Waals surface area contributed by atoms with E-state index in [9.17, 15) is 14.0 Å². The zero-order valence-corrected chi connectivity index (χ0v) is 15.1. The fourth-order valence-corrected chi connectivity index (χ4v) is 2.43. The van der Waals surface area contributed by atoms with Crippen molar-refractivity contribution >= 4 is 29.4 Å². The van der Waals surface area contributed by atoms with Crippen LogP contribution in [0.1, 0.15) is 29.8 Å². The van der Waals surface area contributed by atoms with Gasteiger partial charge in [0.25, 0.3) is 0 Å². The summed E-state index contributed by atoms with van der Waals surface area (Å²) in [5, 5.41) is 0.174. The summed E-state index contributed by atoms with van der Waals surface area (Å²) >= 11 is 5.88. The molecule has 0 aliphatic rings. The molecule has 0 saturated carbocycles. The number of carbonyl (C=O) groups is 2. The smallest absolute Gasteiger partial charge is 0.331 e. The van der Waals surface area contributed by atoms with E-state index in [0.717, 1.165) is 6.08 Å². The summed E-state index contributed by atoms with van der Waals surface area (Å²) in [5.41, 5.74) is 0.478. The van der Waals surface area contributed by atoms with Gasteiger partial charge in [-0.25, -0.2) is 9.18 Å². The molecule has 0 amide bonds. The molecule has 4 nitrogen and oxygen atoms in total. The van der Waals surface area contributed by atoms with E-state index >= 15 is 0 Å². The Morgan fingerprint density at radius 3 is 2.50 bits per heavy atom. The van der Waals surface area contributed by atoms with E-state index in [1.165, 1.54) is 31.2 Å². The van der Waals surface area contributed by atoms with E-state index in [1.54, 1.807) is 24.3 Å². The number of Topliss-reactive ketones (excluding diaryl/α,β-unsaturated/α-hetero) is 1. The number of ether oxygens (including phenoxy) is 2. The van der Waals surface area contributed by atoms with Crippen molar-refractivity contribution < 1.29 is 23.5 Å². The van der Waals surface area contributed by atoms with Gasteiger partial charge in [0.15, 0.2) is 6.10 Å². The molecule has 0 bridgehead atoms. The van der Waals surface area contributed by atoms with Gasteiger partial charge in [-0.3, -0.25) is 4.79 Å². The molecular weight excluding hydrogens is 359 g/mol. The topological polar surface area (TPSA) is 52.6 Å². The van der Waals surface area contributed by atoms with Gasteiger partial charge in [0.2, 0.25) is 5.78 Å². The summed E-state index contributed by atoms with van der Waals surface area (Å²) in [4.78, 5) is 24.2. The van der Waals surface area contributed by atoms with Crippen molar-refractivity contribution in [2.24, 2.45) is 0 Å². The summed E-state index contributed by atoms with van der Waals surface area (Å²) < 4.78 is 24.0. The predicted molar refractivity (Wildman–Crippen MR) is 97.9 cm³/mol. The highest BCUT2D eigenvalue weighted by Gasteiger charge is 2.18. The van der Waals surface area contributed by atoms with Crippen LogP contribution in [0.2, 0.25) is 5.02 Å². The number of esters is 1. The van der Waals surface area contributed by atoms with Crippen molar-refractivity contribution in [3.63, 3.8) is 0 Å². The van der Waals surface area contributed by atoms with E-state index < -0.39 is 17.9 Å². The van der Waals surface area contributed by atoms with Gasteiger partial charge in [-0.05, 0) is 56.3 Å². The molecule has 0 unspecified atom stereocenters. The number of hydrogen-bond acceptors (Lipinski definition) is 4. The van der Waals surface area contributed by atoms with Crippen LogP contribution < -0.4 is 4.74 Å². The van der Waals surface area contributed by atoms with Crippen molar-refractivity contribution in [2.45, 2.75) is 20.0 Å². The van der Waals surface area contributed by atoms with Crippen LogP contribution in [0, 0.1) is 5.82 Å². The van der Waals surface area contributed by atoms with E-state index in [4.69, 9.17) is 21.1 Å². The molecule has 0 radical (unpaired) electrons. The highest BCUT2D eigenvalue weighted by molar-refractivity contribution is 6.32. The van der Waals surface area contributed by atoms with Crippen molar-refractivity contribution in [1.29, 1.82) is 0 Å². The van der Waals surface area contributed by atoms with Crippen molar-refractivity contribution in [3.05, 3.63) is 70.5 Å². The van der Waals surface area contributed by atoms with Crippen molar-refractivity contribution in [3.8, 4) is 5.75 Å². The average molecular weight is 377 g/mol. The maximum atomic E-state index is 13.6. The Morgan fingerprint density at radius 2 is 1.88 bits per heavy atom. The molecule has 2 aromatic rings. The molecule has 26 heavy (non-hydrogen) atoms. The van der Waals surface area contributed by atoms with E-state index in [1.807, 2.05) is 6.92 Å². The summed E-state index contributed by atoms with van der Waals surface area (Å²) in [6.07, 6.45) is 1.27. The summed E-state index contributed by atoms with van der Waals surface area (Å²) in [6, 6.07) is 10.8. The minimum atomic E-state index is -0.985. The molecule has 0 aliphatic carbocycles. The molecule has 0 heterocycles. The second-order valence-electron chi connectivity index (χ2n) is 5.37. The standard InChI is InChI=1S/C20H18ClFO4/c1-3-25-15-9-7-14(8-10-15)20(24)13(2)26-19(23)12-11-16-17(21)5-4-6-18(16)22/h4-13H,3H2,1-2H3/b12-11+/t13-/m1/s1. The zero-order valence-electron chi connectivity index (χ0n) is 14.4. The number of hydrogen-bond donors (Lipinski definition) is 0. The summed E-state index contributed by atoms with van der Waals surface area (Å²) in [6.45, 7) is 3.86. The SMILES string of the molecule is CCOc1ccc(C(=O)[C@@H](C)OC(=O)/C=C/c2c(F)cccc2Cl)cc1. The average Bonchev–Trinajstić information content (AvgIpc) is 2.61. The molecule has 0 aromatic heterocycles. The van der Waals surface area contributed by atoms with Crippen LogP contribution in [0.3, 0.4) is 0 Å². The zero-order chi connectivity index (χ0) is 19.1. The van der Waals surface area contributed by atoms with Gasteiger partial charge in [0.1, 0.15) is 11.6 Å². The quantitative estimate of drug-likeness (QED) is 0.399. The summed E-state index contributed by atoms with van der Waals surface area (Å²) in [7, 11) is 0. The lowest BCUT2D eigenvalue weighted by Crippen LogP contribution is -2.23. The van der Waals surface area contributed by atoms with Crippen LogP contribution in [0.15, 0.2) is 48.5 Å². The number of rotatable bonds is 7. The first-order chi connectivity index (χ1) is 12.4. The van der Waals surface area contributed by atoms with E-state index in [-0.39, 0.29) is 16.4 Å². The van der Waals surface area contributed by atoms with Gasteiger partial charge in [-0.1, -0.05) is 17.7 Å². The lowest BCUT2D eigenvalue weighted by molar-refractivity contribution is -0.140. The molecule has 2 aromatic carbocycles. The second-order valence-corrected chi connectivity index (χ2v) is 5.78. The number of benzene rings is 2. The monoisotopic (exact) mass is 376 g/mol. The molecule has 1 atom stereocenters. The lowest BCUT2D eigenvalue weighted by Gasteiger charge is -2.11. The second kappa shape index (κ2) is 9.15. The third kappa shape index (κ3) is 5.17. The Hall–Kier alpha value is -2.66. The highest BCUT2D eigenvalue weighted by Crippen LogP contribution is 2.20.